The average Bonchev–Trinajstić information content (AvgIpc) is 3.28. The monoisotopic (exact) mass is 560 g/mol. The Morgan fingerprint density at radius 2 is 1.54 bits per heavy atom. The highest BCUT2D eigenvalue weighted by atomic mass is 35.5. The first-order valence-corrected chi connectivity index (χ1v) is 12.9. The lowest BCUT2D eigenvalue weighted by molar-refractivity contribution is -0.143. The molecule has 3 aromatic rings. The van der Waals surface area contributed by atoms with Crippen molar-refractivity contribution in [2.45, 2.75) is 43.8 Å². The molecule has 0 spiro atoms. The van der Waals surface area contributed by atoms with E-state index in [1.54, 1.807) is 54.6 Å². The van der Waals surface area contributed by atoms with Crippen LogP contribution in [0.1, 0.15) is 36.8 Å². The number of rotatable bonds is 7. The highest BCUT2D eigenvalue weighted by molar-refractivity contribution is 6.30. The van der Waals surface area contributed by atoms with Crippen LogP contribution in [0.3, 0.4) is 0 Å². The Morgan fingerprint density at radius 3 is 2.08 bits per heavy atom. The summed E-state index contributed by atoms with van der Waals surface area (Å²) >= 11 is 6.13. The van der Waals surface area contributed by atoms with Crippen molar-refractivity contribution in [1.29, 1.82) is 0 Å². The summed E-state index contributed by atoms with van der Waals surface area (Å²) in [5.74, 6) is -7.60. The predicted octanol–water partition coefficient (Wildman–Crippen LogP) is 7.46. The van der Waals surface area contributed by atoms with E-state index in [1.165, 1.54) is 0 Å². The van der Waals surface area contributed by atoms with Gasteiger partial charge in [0.15, 0.2) is 11.6 Å². The highest BCUT2D eigenvalue weighted by Crippen LogP contribution is 2.51. The van der Waals surface area contributed by atoms with Crippen LogP contribution >= 0.6 is 11.6 Å². The van der Waals surface area contributed by atoms with Crippen LogP contribution < -0.4 is 10.6 Å². The molecule has 0 aromatic heterocycles. The van der Waals surface area contributed by atoms with Crippen molar-refractivity contribution >= 4 is 28.9 Å². The Bertz CT molecular complexity index is 1330. The Labute approximate surface area is 227 Å². The Morgan fingerprint density at radius 1 is 0.974 bits per heavy atom. The van der Waals surface area contributed by atoms with Crippen LogP contribution in [0.5, 0.6) is 0 Å². The molecule has 1 saturated carbocycles. The van der Waals surface area contributed by atoms with E-state index in [0.717, 1.165) is 17.1 Å². The Kier molecular flexibility index (Phi) is 7.24. The molecular formula is C28H25ClF4N4O2. The summed E-state index contributed by atoms with van der Waals surface area (Å²) in [6.45, 7) is -0.143. The number of carbonyl (C=O) groups excluding carboxylic acids is 1. The minimum atomic E-state index is -2.88. The van der Waals surface area contributed by atoms with Gasteiger partial charge in [-0.2, -0.15) is 5.01 Å². The second-order valence-electron chi connectivity index (χ2n) is 10.0. The fourth-order valence-electron chi connectivity index (χ4n) is 5.60. The maximum Gasteiger partial charge on any atom is 0.253 e. The number of nitroso groups, excluding NO2 is 1. The molecule has 1 unspecified atom stereocenters. The van der Waals surface area contributed by atoms with Crippen LogP contribution in [0.15, 0.2) is 72.0 Å². The summed E-state index contributed by atoms with van der Waals surface area (Å²) in [5.41, 5.74) is -0.0981. The van der Waals surface area contributed by atoms with E-state index in [1.807, 2.05) is 0 Å². The number of carbonyl (C=O) groups is 1. The molecule has 1 fully saturated rings. The topological polar surface area (TPSA) is 73.8 Å². The molecule has 39 heavy (non-hydrogen) atoms. The summed E-state index contributed by atoms with van der Waals surface area (Å²) in [4.78, 5) is 26.3. The van der Waals surface area contributed by atoms with Crippen LogP contribution in [0, 0.1) is 28.4 Å². The van der Waals surface area contributed by atoms with Crippen molar-refractivity contribution in [3.63, 3.8) is 0 Å². The maximum atomic E-state index is 14.2. The summed E-state index contributed by atoms with van der Waals surface area (Å²) < 4.78 is 56.9. The van der Waals surface area contributed by atoms with Crippen LogP contribution in [0.2, 0.25) is 5.02 Å². The predicted molar refractivity (Wildman–Crippen MR) is 140 cm³/mol. The summed E-state index contributed by atoms with van der Waals surface area (Å²) in [6.07, 6.45) is -0.915. The second-order valence-corrected chi connectivity index (χ2v) is 10.4. The smallest absolute Gasteiger partial charge is 0.253 e. The lowest BCUT2D eigenvalue weighted by atomic mass is 9.70. The first-order valence-electron chi connectivity index (χ1n) is 12.5. The van der Waals surface area contributed by atoms with Crippen LogP contribution in [0.25, 0.3) is 0 Å². The first kappa shape index (κ1) is 26.9. The zero-order valence-corrected chi connectivity index (χ0v) is 21.4. The van der Waals surface area contributed by atoms with Crippen LogP contribution in [-0.4, -0.2) is 16.8 Å². The maximum absolute atomic E-state index is 14.2. The van der Waals surface area contributed by atoms with Gasteiger partial charge in [-0.05, 0) is 42.0 Å². The van der Waals surface area contributed by atoms with Gasteiger partial charge in [0.25, 0.3) is 5.91 Å². The van der Waals surface area contributed by atoms with E-state index in [2.05, 4.69) is 15.9 Å². The fourth-order valence-corrected chi connectivity index (χ4v) is 5.73. The number of nitrogens with one attached hydrogen (secondary N) is 2. The van der Waals surface area contributed by atoms with Crippen molar-refractivity contribution in [1.82, 2.24) is 5.01 Å². The fraction of sp³-hybridized carbons (Fsp3) is 0.321. The van der Waals surface area contributed by atoms with Crippen molar-refractivity contribution < 1.29 is 22.4 Å². The molecule has 0 radical (unpaired) electrons. The zero-order valence-electron chi connectivity index (χ0n) is 20.6. The standard InChI is InChI=1S/C28H25ClF4N4O2/c29-20-8-6-19(7-9-20)28(34-23-14-21(30)22(31)15-24(23)35-28)25(18-10-12-27(32,33)13-11-18)26(38)37(36-39)16-17-4-2-1-3-5-17/h1-9,14-15,18,25,34-35H,10-13,16H2. The molecule has 5 rings (SSSR count). The SMILES string of the molecule is O=NN(Cc1ccccc1)C(=O)C(C1CCC(F)(F)CC1)C1(c2ccc(Cl)cc2)Nc2cc(F)c(F)cc2N1. The number of hydrogen-bond donors (Lipinski definition) is 2. The molecule has 1 amide bonds. The number of hydrogen-bond acceptors (Lipinski definition) is 5. The molecule has 2 N–H and O–H groups in total. The van der Waals surface area contributed by atoms with Crippen molar-refractivity contribution in [2.75, 3.05) is 10.6 Å². The number of alkyl halides is 2. The summed E-state index contributed by atoms with van der Waals surface area (Å²) in [6, 6.07) is 17.1. The number of halogens is 5. The number of amides is 1. The summed E-state index contributed by atoms with van der Waals surface area (Å²) in [7, 11) is 0. The molecule has 1 aliphatic heterocycles. The zero-order chi connectivity index (χ0) is 27.8. The van der Waals surface area contributed by atoms with Gasteiger partial charge in [0.1, 0.15) is 5.66 Å². The normalized spacial score (nSPS) is 18.4. The molecular weight excluding hydrogens is 536 g/mol. The van der Waals surface area contributed by atoms with Crippen molar-refractivity contribution in [3.8, 4) is 0 Å². The minimum Gasteiger partial charge on any atom is -0.357 e. The van der Waals surface area contributed by atoms with Gasteiger partial charge < -0.3 is 10.6 Å². The second kappa shape index (κ2) is 10.5. The van der Waals surface area contributed by atoms with Crippen LogP contribution in [0.4, 0.5) is 28.9 Å². The third-order valence-corrected chi connectivity index (χ3v) is 7.77. The van der Waals surface area contributed by atoms with Gasteiger partial charge in [-0.25, -0.2) is 17.6 Å². The Balaban J connectivity index is 1.63. The van der Waals surface area contributed by atoms with E-state index >= 15 is 0 Å². The summed E-state index contributed by atoms with van der Waals surface area (Å²) in [5, 5.41) is 10.5. The van der Waals surface area contributed by atoms with E-state index < -0.39 is 53.8 Å². The van der Waals surface area contributed by atoms with Crippen LogP contribution in [-0.2, 0) is 17.0 Å². The van der Waals surface area contributed by atoms with Gasteiger partial charge in [-0.1, -0.05) is 54.1 Å². The molecule has 11 heteroatoms. The van der Waals surface area contributed by atoms with Gasteiger partial charge in [0.05, 0.1) is 29.1 Å². The third-order valence-electron chi connectivity index (χ3n) is 7.52. The van der Waals surface area contributed by atoms with Crippen molar-refractivity contribution in [3.05, 3.63) is 99.4 Å². The van der Waals surface area contributed by atoms with Crippen molar-refractivity contribution in [2.24, 2.45) is 17.1 Å². The molecule has 204 valence electrons. The average molecular weight is 561 g/mol. The molecule has 3 aromatic carbocycles. The number of benzene rings is 3. The van der Waals surface area contributed by atoms with E-state index in [9.17, 15) is 27.3 Å². The minimum absolute atomic E-state index is 0.0147. The van der Waals surface area contributed by atoms with Gasteiger partial charge >= 0.3 is 0 Å². The number of anilines is 2. The van der Waals surface area contributed by atoms with E-state index in [4.69, 9.17) is 11.6 Å². The molecule has 6 nitrogen and oxygen atoms in total. The molecule has 0 bridgehead atoms. The Hall–Kier alpha value is -3.66. The quantitative estimate of drug-likeness (QED) is 0.179. The molecule has 1 atom stereocenters. The third kappa shape index (κ3) is 5.30. The van der Waals surface area contributed by atoms with Gasteiger partial charge in [-0.3, -0.25) is 4.79 Å². The first-order chi connectivity index (χ1) is 18.6. The lowest BCUT2D eigenvalue weighted by Crippen LogP contribution is -2.55. The van der Waals surface area contributed by atoms with E-state index in [-0.39, 0.29) is 30.8 Å². The molecule has 1 heterocycles. The highest BCUT2D eigenvalue weighted by Gasteiger charge is 2.55. The van der Waals surface area contributed by atoms with Gasteiger partial charge in [0.2, 0.25) is 5.92 Å². The number of nitrogens with zero attached hydrogens (tertiary/aromatic N) is 2. The number of fused-ring (bicyclic) bond motifs is 1. The lowest BCUT2D eigenvalue weighted by Gasteiger charge is -2.44. The van der Waals surface area contributed by atoms with E-state index in [0.29, 0.717) is 16.1 Å². The molecule has 0 saturated heterocycles. The largest absolute Gasteiger partial charge is 0.357 e. The molecule has 1 aliphatic carbocycles. The van der Waals surface area contributed by atoms with Gasteiger partial charge in [0, 0.05) is 30.0 Å². The van der Waals surface area contributed by atoms with Gasteiger partial charge in [-0.15, -0.1) is 4.91 Å². The molecule has 2 aliphatic rings.